The first-order valence-electron chi connectivity index (χ1n) is 49.8. The molecule has 0 spiro atoms. The lowest BCUT2D eigenvalue weighted by Crippen LogP contribution is -2.62. The van der Waals surface area contributed by atoms with Crippen molar-refractivity contribution in [2.24, 2.45) is 47.0 Å². The number of nitrogens with zero attached hydrogens (tertiary/aromatic N) is 3. The Morgan fingerprint density at radius 3 is 1.45 bits per heavy atom. The zero-order valence-corrected chi connectivity index (χ0v) is 89.1. The van der Waals surface area contributed by atoms with E-state index in [9.17, 15) is 115 Å². The maximum absolute atomic E-state index is 14.8. The molecule has 23 amide bonds. The van der Waals surface area contributed by atoms with Crippen LogP contribution in [0, 0.1) is 35.5 Å². The Kier molecular flexibility index (Phi) is 53.1. The van der Waals surface area contributed by atoms with Gasteiger partial charge in [-0.05, 0) is 154 Å². The van der Waals surface area contributed by atoms with Crippen LogP contribution in [0.2, 0.25) is 0 Å². The summed E-state index contributed by atoms with van der Waals surface area (Å²) in [7, 11) is 3.40. The van der Waals surface area contributed by atoms with Gasteiger partial charge in [-0.3, -0.25) is 115 Å². The smallest absolute Gasteiger partial charge is 0.270 e. The second-order valence-corrected chi connectivity index (χ2v) is 39.3. The zero-order chi connectivity index (χ0) is 112. The van der Waals surface area contributed by atoms with E-state index in [0.29, 0.717) is 24.8 Å². The van der Waals surface area contributed by atoms with Gasteiger partial charge in [0.25, 0.3) is 23.6 Å². The number of likely N-dealkylation sites (N-methyl/N-ethyl adjacent to an activating group) is 1. The number of aliphatic hydroxyl groups excluding tert-OH is 1. The molecular weight excluding hydrogens is 1940 g/mol. The molecule has 0 aromatic heterocycles. The van der Waals surface area contributed by atoms with Crippen molar-refractivity contribution in [2.75, 3.05) is 46.1 Å². The van der Waals surface area contributed by atoms with Gasteiger partial charge in [0.15, 0.2) is 0 Å². The van der Waals surface area contributed by atoms with Crippen LogP contribution in [0.15, 0.2) is 89.0 Å². The molecule has 18 unspecified atom stereocenters. The van der Waals surface area contributed by atoms with E-state index in [1.54, 1.807) is 132 Å². The quantitative estimate of drug-likeness (QED) is 0.0284. The number of carbonyl (C=O) groups is 23. The summed E-state index contributed by atoms with van der Waals surface area (Å²) in [4.78, 5) is 323. The summed E-state index contributed by atoms with van der Waals surface area (Å²) in [6.45, 7) is 28.3. The fourth-order valence-corrected chi connectivity index (χ4v) is 16.2. The molecule has 4 rings (SSSR count). The van der Waals surface area contributed by atoms with Crippen LogP contribution >= 0.6 is 11.8 Å². The van der Waals surface area contributed by atoms with Gasteiger partial charge in [-0.2, -0.15) is 0 Å². The van der Waals surface area contributed by atoms with Crippen LogP contribution in [0.1, 0.15) is 208 Å². The van der Waals surface area contributed by atoms with E-state index in [1.165, 1.54) is 74.3 Å². The molecule has 18 atom stereocenters. The van der Waals surface area contributed by atoms with Gasteiger partial charge in [0.1, 0.15) is 113 Å². The van der Waals surface area contributed by atoms with Gasteiger partial charge in [-0.15, -0.1) is 11.8 Å². The molecule has 0 radical (unpaired) electrons. The predicted octanol–water partition coefficient (Wildman–Crippen LogP) is -3.34. The Morgan fingerprint density at radius 2 is 0.939 bits per heavy atom. The third-order valence-electron chi connectivity index (χ3n) is 25.2. The molecule has 820 valence electrons. The molecule has 49 heteroatoms. The van der Waals surface area contributed by atoms with Crippen LogP contribution in [0.5, 0.6) is 0 Å². The number of thioether (sulfide) groups is 1. The number of amides is 23. The van der Waals surface area contributed by atoms with Crippen molar-refractivity contribution in [1.82, 2.24) is 116 Å². The van der Waals surface area contributed by atoms with Gasteiger partial charge in [0.2, 0.25) is 112 Å². The second kappa shape index (κ2) is 62.2. The summed E-state index contributed by atoms with van der Waals surface area (Å²) in [5.41, 5.74) is 10.4. The van der Waals surface area contributed by atoms with Crippen LogP contribution < -0.4 is 112 Å². The number of benzene rings is 1. The number of rotatable bonds is 53. The summed E-state index contributed by atoms with van der Waals surface area (Å²) in [5, 5.41) is 60.4. The normalized spacial score (nSPS) is 19.0. The Morgan fingerprint density at radius 1 is 0.480 bits per heavy atom. The van der Waals surface area contributed by atoms with Gasteiger partial charge in [0, 0.05) is 44.3 Å². The molecule has 24 N–H and O–H groups in total. The lowest BCUT2D eigenvalue weighted by Gasteiger charge is -2.30. The van der Waals surface area contributed by atoms with Crippen molar-refractivity contribution in [3.63, 3.8) is 0 Å². The third-order valence-corrected chi connectivity index (χ3v) is 26.0. The molecule has 3 heterocycles. The average molecular weight is 2100 g/mol. The molecule has 3 aliphatic rings. The van der Waals surface area contributed by atoms with E-state index in [4.69, 9.17) is 11.5 Å². The lowest BCUT2D eigenvalue weighted by molar-refractivity contribution is -0.138. The number of nitrogens with one attached hydrogen (secondary N) is 19. The molecule has 3 aliphatic heterocycles. The van der Waals surface area contributed by atoms with Crippen LogP contribution in [0.25, 0.3) is 0 Å². The average Bonchev–Trinajstić information content (AvgIpc) is 1.66. The summed E-state index contributed by atoms with van der Waals surface area (Å²) in [6.07, 6.45) is 6.05. The SMILES string of the molecule is CC=C(NC(=O)C(CO)NC(=O)CNC(=O)C(CCC(N)=O)NC(=O)C(NC(=O)C(NC(=O)C(Cc1ccccc1)NC(=O)C(CCC(N)=O)NC(=O)C(C)NC(=O)C(NC(=O)C(=CC)NC(=O)C1CCCN1C(=O)C(=CC)NC(=O)C(C)NC(=O)C1CCCN1C(=O)C(=CC)NC(=O)C(C)N(C)C)C(C)C)C(C)C)C(C)CC)C(=O)NC(C(=O)NC1CSC=CNC(=O)C(C(C)C)NC(=O)C(CC(C)C)NC1=O)C(C)CC. The first-order valence-corrected chi connectivity index (χ1v) is 50.9. The van der Waals surface area contributed by atoms with Crippen molar-refractivity contribution >= 4 is 148 Å². The summed E-state index contributed by atoms with van der Waals surface area (Å²) >= 11 is 1.06. The number of allylic oxidation sites excluding steroid dienone is 4. The van der Waals surface area contributed by atoms with Gasteiger partial charge in [0.05, 0.1) is 19.2 Å². The number of hydrogen-bond acceptors (Lipinski definition) is 26. The van der Waals surface area contributed by atoms with E-state index >= 15 is 0 Å². The number of primary amides is 2. The van der Waals surface area contributed by atoms with E-state index in [2.05, 4.69) is 101 Å². The van der Waals surface area contributed by atoms with Crippen LogP contribution in [-0.2, 0) is 117 Å². The van der Waals surface area contributed by atoms with Crippen LogP contribution in [0.4, 0.5) is 0 Å². The van der Waals surface area contributed by atoms with Crippen molar-refractivity contribution < 1.29 is 115 Å². The fourth-order valence-electron chi connectivity index (χ4n) is 15.5. The largest absolute Gasteiger partial charge is 0.394 e. The molecule has 0 bridgehead atoms. The van der Waals surface area contributed by atoms with Crippen LogP contribution in [0.3, 0.4) is 0 Å². The maximum Gasteiger partial charge on any atom is 0.270 e. The van der Waals surface area contributed by atoms with Crippen molar-refractivity contribution in [1.29, 1.82) is 0 Å². The van der Waals surface area contributed by atoms with Gasteiger partial charge in [-0.25, -0.2) is 0 Å². The maximum atomic E-state index is 14.8. The van der Waals surface area contributed by atoms with E-state index in [-0.39, 0.29) is 79.9 Å². The summed E-state index contributed by atoms with van der Waals surface area (Å²) in [5.74, 6) is -23.3. The van der Waals surface area contributed by atoms with E-state index in [1.807, 2.05) is 13.8 Å². The van der Waals surface area contributed by atoms with Gasteiger partial charge >= 0.3 is 0 Å². The summed E-state index contributed by atoms with van der Waals surface area (Å²) in [6, 6.07) is -13.2. The monoisotopic (exact) mass is 2100 g/mol. The standard InChI is InChI=1S/C99H154N24O24S/c1-22-54(15)78(97(145)115-69-49-148-44-41-102-93(141)75(51(9)10)116-87(135)66(45-50(7)8)113-90(69)138)119-85(133)60(24-3)107-89(137)68(48-124)106-74(127)47-103-83(131)64(37-39-72(100)125)112-96(144)79(55(16)23-2)120-95(143)77(53(13)14)118-88(136)67(46-59-33-29-28-30-34-59)114-86(134)65(38-40-73(101)126)111-81(129)57(18)105-94(142)76(52(11)12)117-84(132)61(25-4)108-92(140)71-36-32-43-123(71)98(146)62(26-5)109-80(128)56(17)104-91(139)70-35-31-42-122(70)99(147)63(27-6)110-82(130)58(19)121(20)21/h24-30,33-34,41,44,50-58,64-71,75-79,124H,22-23,31-32,35-40,42-43,45-49H2,1-21H3,(H2,100,125)(H2,101,126)(H,102,141)(H,103,131)(H,104,139)(H,105,142)(H,106,127)(H,107,137)(H,108,140)(H,109,128)(H,110,130)(H,111,129)(H,112,144)(H,113,138)(H,114,134)(H,115,145)(H,116,135)(H,117,132)(H,118,136)(H,119,133)(H,120,143). The van der Waals surface area contributed by atoms with Crippen molar-refractivity contribution in [2.45, 2.75) is 305 Å². The highest BCUT2D eigenvalue weighted by Crippen LogP contribution is 2.25. The van der Waals surface area contributed by atoms with Crippen molar-refractivity contribution in [3.8, 4) is 0 Å². The minimum Gasteiger partial charge on any atom is -0.394 e. The number of carbonyl (C=O) groups excluding carboxylic acids is 23. The first kappa shape index (κ1) is 126. The minimum absolute atomic E-state index is 0.0255. The molecule has 0 aliphatic carbocycles. The molecule has 0 saturated carbocycles. The molecule has 48 nitrogen and oxygen atoms in total. The highest BCUT2D eigenvalue weighted by molar-refractivity contribution is 8.02. The highest BCUT2D eigenvalue weighted by Gasteiger charge is 2.44. The number of likely N-dealkylation sites (tertiary alicyclic amines) is 2. The predicted molar refractivity (Wildman–Crippen MR) is 546 cm³/mol. The van der Waals surface area contributed by atoms with E-state index < -0.39 is 301 Å². The topological polar surface area (TPSA) is 703 Å². The molecule has 1 aromatic rings. The first-order chi connectivity index (χ1) is 69.6. The third kappa shape index (κ3) is 39.7. The molecule has 1 aromatic carbocycles. The Balaban J connectivity index is 1.45. The summed E-state index contributed by atoms with van der Waals surface area (Å²) < 4.78 is 0. The zero-order valence-electron chi connectivity index (χ0n) is 88.3. The lowest BCUT2D eigenvalue weighted by atomic mass is 9.95. The van der Waals surface area contributed by atoms with Crippen molar-refractivity contribution in [3.05, 3.63) is 94.6 Å². The fraction of sp³-hybridized carbons (Fsp3) is 0.606. The second-order valence-electron chi connectivity index (χ2n) is 38.3. The molecule has 2 saturated heterocycles. The van der Waals surface area contributed by atoms with Crippen LogP contribution in [-0.4, -0.2) is 298 Å². The molecular formula is C99H154N24O24S. The number of nitrogens with two attached hydrogens (primary N) is 2. The Hall–Kier alpha value is -14.0. The van der Waals surface area contributed by atoms with Gasteiger partial charge < -0.3 is 127 Å². The van der Waals surface area contributed by atoms with Gasteiger partial charge in [-0.1, -0.05) is 151 Å². The van der Waals surface area contributed by atoms with E-state index in [0.717, 1.165) is 17.8 Å². The molecule has 2 fully saturated rings. The number of hydrogen-bond donors (Lipinski definition) is 22. The Labute approximate surface area is 867 Å². The molecule has 148 heavy (non-hydrogen) atoms. The number of aliphatic hydroxyl groups is 1. The minimum atomic E-state index is -1.81. The highest BCUT2D eigenvalue weighted by atomic mass is 32.2. The Bertz CT molecular complexity index is 5080.